The molecule has 0 amide bonds. The van der Waals surface area contributed by atoms with Gasteiger partial charge in [-0.2, -0.15) is 0 Å². The molecule has 0 radical (unpaired) electrons. The summed E-state index contributed by atoms with van der Waals surface area (Å²) in [4.78, 5) is 0. The van der Waals surface area contributed by atoms with Gasteiger partial charge in [0, 0.05) is 913 Å². The zero-order chi connectivity index (χ0) is 88.9. The minimum absolute atomic E-state index is 1.09. The monoisotopic (exact) mass is 3550 g/mol. The van der Waals surface area contributed by atoms with E-state index in [4.69, 9.17) is 22.4 Å². The molecule has 0 saturated heterocycles. The van der Waals surface area contributed by atoms with E-state index in [0.717, 1.165) is 11.4 Å². The van der Waals surface area contributed by atoms with Crippen LogP contribution in [-0.2, 0) is 902 Å². The number of nitrogens with one attached hydrogen (secondary N) is 1. The third kappa shape index (κ3) is 106. The molecule has 0 atom stereocenters. The Morgan fingerprint density at radius 2 is 0.238 bits per heavy atom. The smallest absolute Gasteiger partial charge is 0.0390 e. The van der Waals surface area contributed by atoms with E-state index in [0.29, 0.717) is 0 Å². The third-order valence-electron chi connectivity index (χ3n) is 6.97. The molecule has 0 fully saturated rings. The van der Waals surface area contributed by atoms with Crippen LogP contribution in [0.3, 0.4) is 0 Å². The van der Waals surface area contributed by atoms with Crippen molar-refractivity contribution in [1.82, 2.24) is 0 Å². The molecular formula is C24H19NS101. The van der Waals surface area contributed by atoms with Crippen LogP contribution in [0.4, 0.5) is 11.4 Å². The van der Waals surface area contributed by atoms with E-state index in [2.05, 4.69) is 102 Å². The fourth-order valence-corrected chi connectivity index (χ4v) is 270. The highest BCUT2D eigenvalue weighted by Crippen LogP contribution is 2.26. The maximum Gasteiger partial charge on any atom is 0.0390 e. The molecule has 0 aromatic heterocycles. The first-order chi connectivity index (χ1) is 62.8. The molecule has 4 aromatic rings. The lowest BCUT2D eigenvalue weighted by Crippen LogP contribution is -1.90. The van der Waals surface area contributed by atoms with E-state index >= 15 is 0 Å². The molecule has 0 unspecified atom stereocenters. The van der Waals surface area contributed by atoms with Gasteiger partial charge >= 0.3 is 0 Å². The molecule has 0 aliphatic heterocycles. The Labute approximate surface area is 1020 Å². The Kier molecular flexibility index (Phi) is 135. The van der Waals surface area contributed by atoms with Crippen molar-refractivity contribution in [3.05, 3.63) is 109 Å². The van der Waals surface area contributed by atoms with Crippen molar-refractivity contribution in [2.24, 2.45) is 0 Å². The van der Waals surface area contributed by atoms with Gasteiger partial charge < -0.3 is 5.32 Å². The molecule has 102 heteroatoms. The lowest BCUT2D eigenvalue weighted by molar-refractivity contribution is 1.53. The number of hydrogen-bond donors (Lipinski definition) is 1. The molecule has 726 valence electrons. The Bertz CT molecular complexity index is 9310. The molecule has 0 spiro atoms. The van der Waals surface area contributed by atoms with Crippen LogP contribution >= 0.6 is 0 Å². The molecule has 126 heavy (non-hydrogen) atoms. The minimum atomic E-state index is 1.09. The van der Waals surface area contributed by atoms with Crippen molar-refractivity contribution in [2.45, 2.75) is 0 Å². The second-order valence-corrected chi connectivity index (χ2v) is 188. The van der Waals surface area contributed by atoms with Gasteiger partial charge in [-0.05, 0) is 46.5 Å². The first kappa shape index (κ1) is 139. The molecule has 1 N–H and O–H groups in total. The summed E-state index contributed by atoms with van der Waals surface area (Å²) in [6.45, 7) is 0. The van der Waals surface area contributed by atoms with Crippen molar-refractivity contribution in [1.29, 1.82) is 0 Å². The van der Waals surface area contributed by atoms with E-state index in [1.165, 1.54) is 40.0 Å². The van der Waals surface area contributed by atoms with Crippen LogP contribution in [0.2, 0.25) is 0 Å². The largest absolute Gasteiger partial charge is 0.356 e. The van der Waals surface area contributed by atoms with Gasteiger partial charge in [0.05, 0.1) is 0 Å². The van der Waals surface area contributed by atoms with Crippen molar-refractivity contribution in [3.63, 3.8) is 0 Å². The van der Waals surface area contributed by atoms with Crippen molar-refractivity contribution < 1.29 is 0 Å². The van der Waals surface area contributed by atoms with E-state index in [9.17, 15) is 0 Å². The Hall–Kier alpha value is 18.9. The lowest BCUT2D eigenvalue weighted by Gasteiger charge is -2.10. The maximum atomic E-state index is 4.83. The van der Waals surface area contributed by atoms with E-state index in [1.54, 1.807) is 107 Å². The van der Waals surface area contributed by atoms with E-state index in [-0.39, 0.29) is 0 Å². The highest BCUT2D eigenvalue weighted by atomic mass is 33.6. The van der Waals surface area contributed by atoms with Crippen LogP contribution in [0.5, 0.6) is 0 Å². The SMILES string of the molecule is S=S=S=S=S=S=S=S=S=S=S=S=S=S=S=S=S=S=S=S=S=S=S=S=S=S=S=S=S=S=S=S=S=S=S=S=S=S=S=S=S=S=S=S=S=S=S=S=S=S=S=S=S=S=S=S=S=S=S=S=S=S=S=S=S=S=S=S=S=S=S=S=S=S=S=S=S=S=S=S=S=S=S=S=S=S=S=S=S=S=S=S=S=S=S=S=S=S=S=S=S.c1ccc(-c2ccc(Nc3cccc(-c4ccccc4)c3)cc2)cc1. The fourth-order valence-electron chi connectivity index (χ4n) is 4.05. The summed E-state index contributed by atoms with van der Waals surface area (Å²) in [6.07, 6.45) is 0. The average Bonchev–Trinajstić information content (AvgIpc) is 0.845. The Morgan fingerprint density at radius 3 is 0.389 bits per heavy atom. The molecule has 0 heterocycles. The average molecular weight is 3560 g/mol. The van der Waals surface area contributed by atoms with Crippen LogP contribution in [0, 0.1) is 0 Å². The van der Waals surface area contributed by atoms with Gasteiger partial charge in [-0.1, -0.05) is 84.9 Å². The predicted octanol–water partition coefficient (Wildman–Crippen LogP) is 6.52. The first-order valence-corrected chi connectivity index (χ1v) is 158. The van der Waals surface area contributed by atoms with Crippen LogP contribution in [0.1, 0.15) is 0 Å². The van der Waals surface area contributed by atoms with Gasteiger partial charge in [-0.15, -0.1) is 0 Å². The van der Waals surface area contributed by atoms with Crippen molar-refractivity contribution in [3.8, 4) is 22.3 Å². The van der Waals surface area contributed by atoms with Gasteiger partial charge in [0.1, 0.15) is 0 Å². The topological polar surface area (TPSA) is 12.0 Å². The molecule has 0 aliphatic carbocycles. The molecular weight excluding hydrogens is 3540 g/mol. The normalized spacial score (nSPS) is 8.38. The van der Waals surface area contributed by atoms with Crippen molar-refractivity contribution in [2.75, 3.05) is 5.32 Å². The Balaban J connectivity index is 0.00000137. The second kappa shape index (κ2) is 122. The lowest BCUT2D eigenvalue weighted by atomic mass is 10.0. The quantitative estimate of drug-likeness (QED) is 0.250. The van der Waals surface area contributed by atoms with Gasteiger partial charge in [-0.3, -0.25) is 0 Å². The predicted molar refractivity (Wildman–Crippen MR) is 851 cm³/mol. The number of benzene rings is 4. The summed E-state index contributed by atoms with van der Waals surface area (Å²) >= 11 is 9.66. The van der Waals surface area contributed by atoms with Crippen LogP contribution in [-0.4, -0.2) is 0 Å². The fraction of sp³-hybridized carbons (Fsp3) is 0. The zero-order valence-electron chi connectivity index (χ0n) is 55.1. The van der Waals surface area contributed by atoms with Gasteiger partial charge in [0.15, 0.2) is 0 Å². The van der Waals surface area contributed by atoms with Gasteiger partial charge in [-0.25, -0.2) is 0 Å². The minimum Gasteiger partial charge on any atom is -0.356 e. The van der Waals surface area contributed by atoms with Crippen LogP contribution < -0.4 is 5.32 Å². The number of rotatable bonds is 4. The number of anilines is 2. The second-order valence-electron chi connectivity index (χ2n) is 12.8. The standard InChI is InChI=1S/C24H19N.S101/c1-3-8-19(9-4-1)21-14-16-23(17-15-21)25-24-13-7-12-22(18-24)20-10-5-2-6-11-20;1-3-5-7-9-11-13-15-17-19-21-23-25-27-29-31-33-35-37-39-41-43-45-47-49-51-53-55-57-59-61-63-65-67-69-71-73-75-77-79-81-83-85-87-89-91-93-95-97-99-101-100-98-96-94-92-90-88-86-84-82-80-78-76-74-72-70-68-66-64-62-60-58-56-54-52-50-48-46-44-42-40-38-36-34-32-30-28-26-24-22-20-18-16-14-12-10-8-6-4-2/h1-18,25H;. The summed E-state index contributed by atoms with van der Waals surface area (Å²) in [5, 5.41) is 3.49. The third-order valence-corrected chi connectivity index (χ3v) is 225. The Morgan fingerprint density at radius 1 is 0.111 bits per heavy atom. The van der Waals surface area contributed by atoms with Gasteiger partial charge in [0.2, 0.25) is 0 Å². The highest BCUT2D eigenvalue weighted by molar-refractivity contribution is 8.87. The molecule has 1 nitrogen and oxygen atoms in total. The highest BCUT2D eigenvalue weighted by Gasteiger charge is 2.01. The van der Waals surface area contributed by atoms with Gasteiger partial charge in [0.25, 0.3) is 0 Å². The summed E-state index contributed by atoms with van der Waals surface area (Å²) in [5.74, 6) is 0. The van der Waals surface area contributed by atoms with E-state index < -0.39 is 0 Å². The molecule has 0 aliphatic rings. The molecule has 0 saturated carbocycles. The molecule has 4 rings (SSSR count). The van der Waals surface area contributed by atoms with Crippen LogP contribution in [0.15, 0.2) is 109 Å². The summed E-state index contributed by atoms with van der Waals surface area (Å²) < 4.78 is 0. The first-order valence-electron chi connectivity index (χ1n) is 25.1. The van der Waals surface area contributed by atoms with Crippen LogP contribution in [0.25, 0.3) is 22.3 Å². The summed E-state index contributed by atoms with van der Waals surface area (Å²) in [7, 11) is 179. The zero-order valence-corrected chi connectivity index (χ0v) is 138. The van der Waals surface area contributed by atoms with Crippen molar-refractivity contribution >= 4 is 913 Å². The molecule has 0 bridgehead atoms. The summed E-state index contributed by atoms with van der Waals surface area (Å²) in [6, 6.07) is 37.9. The molecule has 4 aromatic carbocycles. The maximum absolute atomic E-state index is 4.83. The summed E-state index contributed by atoms with van der Waals surface area (Å²) in [5.41, 5.74) is 7.08. The van der Waals surface area contributed by atoms with E-state index in [1.807, 2.05) is 767 Å². The number of hydrogen-bond acceptors (Lipinski definition) is 3.